The van der Waals surface area contributed by atoms with E-state index in [0.717, 1.165) is 28.1 Å². The highest BCUT2D eigenvalue weighted by Crippen LogP contribution is 2.22. The smallest absolute Gasteiger partial charge is 0.139 e. The van der Waals surface area contributed by atoms with E-state index in [1.165, 1.54) is 0 Å². The van der Waals surface area contributed by atoms with Gasteiger partial charge in [-0.25, -0.2) is 4.98 Å². The van der Waals surface area contributed by atoms with Crippen LogP contribution < -0.4 is 10.1 Å². The molecule has 4 nitrogen and oxygen atoms in total. The van der Waals surface area contributed by atoms with Crippen molar-refractivity contribution in [3.8, 4) is 5.75 Å². The minimum absolute atomic E-state index is 0.673. The maximum Gasteiger partial charge on any atom is 0.139 e. The number of ether oxygens (including phenoxy) is 1. The number of furan rings is 1. The van der Waals surface area contributed by atoms with Crippen LogP contribution in [0.5, 0.6) is 5.75 Å². The molecule has 102 valence electrons. The predicted molar refractivity (Wildman–Crippen MR) is 78.9 cm³/mol. The number of pyridine rings is 1. The minimum Gasteiger partial charge on any atom is -0.494 e. The van der Waals surface area contributed by atoms with E-state index in [0.29, 0.717) is 13.2 Å². The molecule has 0 fully saturated rings. The largest absolute Gasteiger partial charge is 0.494 e. The molecule has 3 rings (SSSR count). The van der Waals surface area contributed by atoms with Gasteiger partial charge < -0.3 is 14.5 Å². The van der Waals surface area contributed by atoms with E-state index in [4.69, 9.17) is 9.15 Å². The van der Waals surface area contributed by atoms with Crippen molar-refractivity contribution in [2.45, 2.75) is 13.5 Å². The molecule has 2 aromatic heterocycles. The summed E-state index contributed by atoms with van der Waals surface area (Å²) < 4.78 is 10.9. The Bertz CT molecular complexity index is 706. The third-order valence-corrected chi connectivity index (χ3v) is 3.05. The molecular weight excluding hydrogens is 252 g/mol. The van der Waals surface area contributed by atoms with Gasteiger partial charge >= 0.3 is 0 Å². The highest BCUT2D eigenvalue weighted by Gasteiger charge is 2.04. The molecule has 0 radical (unpaired) electrons. The van der Waals surface area contributed by atoms with E-state index in [1.54, 1.807) is 12.5 Å². The molecule has 0 unspecified atom stereocenters. The number of anilines is 1. The van der Waals surface area contributed by atoms with E-state index in [9.17, 15) is 0 Å². The fourth-order valence-electron chi connectivity index (χ4n) is 2.13. The standard InChI is InChI=1S/C16H16N2O2/c1-2-19-13-5-3-4-12(10-13)11-18-16-14-7-9-20-15(14)6-8-17-16/h3-10H,2,11H2,1H3,(H,17,18). The average Bonchev–Trinajstić information content (AvgIpc) is 2.95. The Morgan fingerprint density at radius 1 is 1.25 bits per heavy atom. The second kappa shape index (κ2) is 5.65. The van der Waals surface area contributed by atoms with Crippen molar-refractivity contribution < 1.29 is 9.15 Å². The normalized spacial score (nSPS) is 10.7. The molecule has 1 aromatic carbocycles. The summed E-state index contributed by atoms with van der Waals surface area (Å²) in [5.41, 5.74) is 1.99. The van der Waals surface area contributed by atoms with Crippen molar-refractivity contribution in [2.75, 3.05) is 11.9 Å². The van der Waals surface area contributed by atoms with Crippen molar-refractivity contribution >= 4 is 16.8 Å². The van der Waals surface area contributed by atoms with E-state index < -0.39 is 0 Å². The van der Waals surface area contributed by atoms with Gasteiger partial charge in [0, 0.05) is 12.7 Å². The van der Waals surface area contributed by atoms with Crippen molar-refractivity contribution in [3.63, 3.8) is 0 Å². The molecule has 0 aliphatic heterocycles. The van der Waals surface area contributed by atoms with Crippen LogP contribution in [0.25, 0.3) is 11.0 Å². The first-order valence-corrected chi connectivity index (χ1v) is 6.64. The summed E-state index contributed by atoms with van der Waals surface area (Å²) in [6.45, 7) is 3.35. The average molecular weight is 268 g/mol. The molecule has 2 heterocycles. The van der Waals surface area contributed by atoms with Crippen molar-refractivity contribution in [1.29, 1.82) is 0 Å². The van der Waals surface area contributed by atoms with Gasteiger partial charge in [0.15, 0.2) is 0 Å². The van der Waals surface area contributed by atoms with E-state index in [-0.39, 0.29) is 0 Å². The summed E-state index contributed by atoms with van der Waals surface area (Å²) in [6, 6.07) is 11.8. The number of nitrogens with zero attached hydrogens (tertiary/aromatic N) is 1. The van der Waals surface area contributed by atoms with Crippen molar-refractivity contribution in [1.82, 2.24) is 4.98 Å². The summed E-state index contributed by atoms with van der Waals surface area (Å²) in [7, 11) is 0. The minimum atomic E-state index is 0.673. The fraction of sp³-hybridized carbons (Fsp3) is 0.188. The Hall–Kier alpha value is -2.49. The molecule has 0 amide bonds. The SMILES string of the molecule is CCOc1cccc(CNc2nccc3occc23)c1. The molecule has 4 heteroatoms. The van der Waals surface area contributed by atoms with Crippen LogP contribution >= 0.6 is 0 Å². The molecule has 0 spiro atoms. The van der Waals surface area contributed by atoms with Crippen LogP contribution in [0, 0.1) is 0 Å². The molecule has 0 atom stereocenters. The van der Waals surface area contributed by atoms with Crippen molar-refractivity contribution in [2.24, 2.45) is 0 Å². The Labute approximate surface area is 117 Å². The van der Waals surface area contributed by atoms with E-state index >= 15 is 0 Å². The third kappa shape index (κ3) is 2.59. The van der Waals surface area contributed by atoms with Crippen LogP contribution in [0.4, 0.5) is 5.82 Å². The number of rotatable bonds is 5. The molecule has 0 aliphatic rings. The van der Waals surface area contributed by atoms with Gasteiger partial charge in [-0.3, -0.25) is 0 Å². The lowest BCUT2D eigenvalue weighted by Gasteiger charge is -2.08. The first-order valence-electron chi connectivity index (χ1n) is 6.64. The van der Waals surface area contributed by atoms with Gasteiger partial charge in [0.05, 0.1) is 18.3 Å². The highest BCUT2D eigenvalue weighted by molar-refractivity contribution is 5.87. The monoisotopic (exact) mass is 268 g/mol. The van der Waals surface area contributed by atoms with Gasteiger partial charge in [-0.05, 0) is 36.8 Å². The molecular formula is C16H16N2O2. The number of hydrogen-bond donors (Lipinski definition) is 1. The molecule has 3 aromatic rings. The molecule has 0 bridgehead atoms. The quantitative estimate of drug-likeness (QED) is 0.763. The third-order valence-electron chi connectivity index (χ3n) is 3.05. The van der Waals surface area contributed by atoms with Crippen LogP contribution in [0.1, 0.15) is 12.5 Å². The number of aromatic nitrogens is 1. The summed E-state index contributed by atoms with van der Waals surface area (Å²) in [6.07, 6.45) is 3.41. The van der Waals surface area contributed by atoms with Gasteiger partial charge in [0.2, 0.25) is 0 Å². The van der Waals surface area contributed by atoms with Crippen LogP contribution in [-0.4, -0.2) is 11.6 Å². The zero-order chi connectivity index (χ0) is 13.8. The van der Waals surface area contributed by atoms with E-state index in [1.807, 2.05) is 37.3 Å². The van der Waals surface area contributed by atoms with Crippen LogP contribution in [0.15, 0.2) is 53.3 Å². The zero-order valence-corrected chi connectivity index (χ0v) is 11.3. The molecule has 0 saturated carbocycles. The highest BCUT2D eigenvalue weighted by atomic mass is 16.5. The second-order valence-electron chi connectivity index (χ2n) is 4.43. The zero-order valence-electron chi connectivity index (χ0n) is 11.3. The Balaban J connectivity index is 1.76. The molecule has 0 saturated heterocycles. The Morgan fingerprint density at radius 2 is 2.20 bits per heavy atom. The predicted octanol–water partition coefficient (Wildman–Crippen LogP) is 3.84. The lowest BCUT2D eigenvalue weighted by Crippen LogP contribution is -2.02. The number of nitrogens with one attached hydrogen (secondary N) is 1. The summed E-state index contributed by atoms with van der Waals surface area (Å²) in [5.74, 6) is 1.72. The van der Waals surface area contributed by atoms with Crippen LogP contribution in [0.2, 0.25) is 0 Å². The van der Waals surface area contributed by atoms with Gasteiger partial charge in [-0.2, -0.15) is 0 Å². The lowest BCUT2D eigenvalue weighted by molar-refractivity contribution is 0.340. The summed E-state index contributed by atoms with van der Waals surface area (Å²) >= 11 is 0. The van der Waals surface area contributed by atoms with Crippen LogP contribution in [-0.2, 0) is 6.54 Å². The van der Waals surface area contributed by atoms with Gasteiger partial charge in [-0.15, -0.1) is 0 Å². The Kier molecular flexibility index (Phi) is 3.54. The lowest BCUT2D eigenvalue weighted by atomic mass is 10.2. The summed E-state index contributed by atoms with van der Waals surface area (Å²) in [4.78, 5) is 4.35. The molecule has 20 heavy (non-hydrogen) atoms. The topological polar surface area (TPSA) is 47.3 Å². The van der Waals surface area contributed by atoms with E-state index in [2.05, 4.69) is 16.4 Å². The van der Waals surface area contributed by atoms with Crippen LogP contribution in [0.3, 0.4) is 0 Å². The first-order chi connectivity index (χ1) is 9.86. The molecule has 1 N–H and O–H groups in total. The first kappa shape index (κ1) is 12.5. The van der Waals surface area contributed by atoms with Gasteiger partial charge in [0.1, 0.15) is 17.2 Å². The number of benzene rings is 1. The maximum atomic E-state index is 5.50. The Morgan fingerprint density at radius 3 is 3.10 bits per heavy atom. The van der Waals surface area contributed by atoms with Gasteiger partial charge in [0.25, 0.3) is 0 Å². The van der Waals surface area contributed by atoms with Crippen molar-refractivity contribution in [3.05, 3.63) is 54.4 Å². The second-order valence-corrected chi connectivity index (χ2v) is 4.43. The van der Waals surface area contributed by atoms with Gasteiger partial charge in [-0.1, -0.05) is 12.1 Å². The number of fused-ring (bicyclic) bond motifs is 1. The fourth-order valence-corrected chi connectivity index (χ4v) is 2.13. The summed E-state index contributed by atoms with van der Waals surface area (Å²) in [5, 5.41) is 4.33. The number of hydrogen-bond acceptors (Lipinski definition) is 4. The molecule has 0 aliphatic carbocycles. The maximum absolute atomic E-state index is 5.50.